The number of alkyl halides is 3. The number of nitrogens with zero attached hydrogens (tertiary/aromatic N) is 1. The molecule has 4 nitrogen and oxygen atoms in total. The van der Waals surface area contributed by atoms with Crippen molar-refractivity contribution in [1.82, 2.24) is 4.98 Å². The summed E-state index contributed by atoms with van der Waals surface area (Å²) in [4.78, 5) is 16.4. The Morgan fingerprint density at radius 1 is 0.925 bits per heavy atom. The van der Waals surface area contributed by atoms with Crippen molar-refractivity contribution in [3.05, 3.63) is 106 Å². The summed E-state index contributed by atoms with van der Waals surface area (Å²) in [6.07, 6.45) is -3.83. The van der Waals surface area contributed by atoms with E-state index in [0.717, 1.165) is 23.6 Å². The van der Waals surface area contributed by atoms with Crippen LogP contribution in [0.3, 0.4) is 0 Å². The smallest absolute Gasteiger partial charge is 0.433 e. The van der Waals surface area contributed by atoms with Gasteiger partial charge in [-0.25, -0.2) is 9.78 Å². The number of hydrogen-bond acceptors (Lipinski definition) is 4. The highest BCUT2D eigenvalue weighted by Gasteiger charge is 2.35. The second-order valence-electron chi connectivity index (χ2n) is 10.6. The van der Waals surface area contributed by atoms with Gasteiger partial charge in [-0.05, 0) is 74.7 Å². The van der Waals surface area contributed by atoms with E-state index in [4.69, 9.17) is 21.1 Å². The van der Waals surface area contributed by atoms with E-state index in [1.165, 1.54) is 6.07 Å². The van der Waals surface area contributed by atoms with Gasteiger partial charge < -0.3 is 9.47 Å². The Balaban J connectivity index is 1.80. The number of hydrogen-bond donors (Lipinski definition) is 0. The highest BCUT2D eigenvalue weighted by Crippen LogP contribution is 2.42. The molecular weight excluding hydrogens is 539 g/mol. The van der Waals surface area contributed by atoms with Gasteiger partial charge in [-0.1, -0.05) is 61.3 Å². The van der Waals surface area contributed by atoms with E-state index in [1.54, 1.807) is 63.2 Å². The third kappa shape index (κ3) is 7.13. The van der Waals surface area contributed by atoms with E-state index < -0.39 is 29.5 Å². The molecule has 8 heteroatoms. The number of benzene rings is 3. The van der Waals surface area contributed by atoms with Gasteiger partial charge in [0.2, 0.25) is 0 Å². The zero-order chi connectivity index (χ0) is 29.1. The van der Waals surface area contributed by atoms with Crippen molar-refractivity contribution in [1.29, 1.82) is 0 Å². The molecule has 0 aliphatic heterocycles. The second kappa shape index (κ2) is 11.9. The number of halogens is 4. The standard InChI is InChI=1S/C32H31ClF3NO3/c1-5-8-24(20-11-13-22(14-12-20)30(38)40-31(2,3)4)29(21-15-17-23(33)18-16-21)39-27-19-28(32(34,35)36)37-26-10-7-6-9-25(26)27/h6-7,9-19,24,29H,5,8H2,1-4H3/t24-,29+/m1/s1. The average molecular weight is 570 g/mol. The third-order valence-electron chi connectivity index (χ3n) is 6.36. The van der Waals surface area contributed by atoms with Gasteiger partial charge in [0, 0.05) is 22.4 Å². The number of fused-ring (bicyclic) bond motifs is 1. The number of para-hydroxylation sites is 1. The summed E-state index contributed by atoms with van der Waals surface area (Å²) in [6.45, 7) is 7.44. The van der Waals surface area contributed by atoms with Crippen LogP contribution >= 0.6 is 11.6 Å². The molecule has 0 aliphatic rings. The van der Waals surface area contributed by atoms with Gasteiger partial charge in [0.25, 0.3) is 0 Å². The molecule has 3 aromatic carbocycles. The van der Waals surface area contributed by atoms with Gasteiger partial charge in [0.1, 0.15) is 23.1 Å². The van der Waals surface area contributed by atoms with Crippen LogP contribution in [0.4, 0.5) is 13.2 Å². The normalized spacial score (nSPS) is 13.6. The lowest BCUT2D eigenvalue weighted by molar-refractivity contribution is -0.141. The number of rotatable bonds is 8. The predicted molar refractivity (Wildman–Crippen MR) is 151 cm³/mol. The Labute approximate surface area is 237 Å². The van der Waals surface area contributed by atoms with Crippen molar-refractivity contribution in [3.63, 3.8) is 0 Å². The summed E-state index contributed by atoms with van der Waals surface area (Å²) in [5, 5.41) is 1.01. The van der Waals surface area contributed by atoms with Crippen molar-refractivity contribution in [2.75, 3.05) is 0 Å². The fourth-order valence-electron chi connectivity index (χ4n) is 4.57. The first kappa shape index (κ1) is 29.4. The molecule has 40 heavy (non-hydrogen) atoms. The van der Waals surface area contributed by atoms with E-state index in [2.05, 4.69) is 4.98 Å². The molecule has 0 spiro atoms. The number of aromatic nitrogens is 1. The topological polar surface area (TPSA) is 48.4 Å². The first-order chi connectivity index (χ1) is 18.9. The molecule has 0 amide bonds. The van der Waals surface area contributed by atoms with Crippen LogP contribution in [0.5, 0.6) is 5.75 Å². The summed E-state index contributed by atoms with van der Waals surface area (Å²) >= 11 is 6.16. The number of ether oxygens (including phenoxy) is 2. The molecule has 0 N–H and O–H groups in total. The van der Waals surface area contributed by atoms with Gasteiger partial charge in [0.05, 0.1) is 11.1 Å². The monoisotopic (exact) mass is 569 g/mol. The first-order valence-corrected chi connectivity index (χ1v) is 13.5. The quantitative estimate of drug-likeness (QED) is 0.198. The molecule has 210 valence electrons. The molecule has 0 saturated carbocycles. The van der Waals surface area contributed by atoms with Crippen molar-refractivity contribution < 1.29 is 27.4 Å². The average Bonchev–Trinajstić information content (AvgIpc) is 2.89. The minimum absolute atomic E-state index is 0.0874. The van der Waals surface area contributed by atoms with Crippen LogP contribution in [-0.4, -0.2) is 16.6 Å². The Hall–Kier alpha value is -3.58. The van der Waals surface area contributed by atoms with E-state index in [9.17, 15) is 18.0 Å². The molecule has 0 aliphatic carbocycles. The maximum atomic E-state index is 13.8. The lowest BCUT2D eigenvalue weighted by Crippen LogP contribution is -2.24. The highest BCUT2D eigenvalue weighted by molar-refractivity contribution is 6.30. The van der Waals surface area contributed by atoms with Gasteiger partial charge in [-0.15, -0.1) is 0 Å². The number of esters is 1. The highest BCUT2D eigenvalue weighted by atomic mass is 35.5. The van der Waals surface area contributed by atoms with E-state index in [1.807, 2.05) is 31.2 Å². The summed E-state index contributed by atoms with van der Waals surface area (Å²) in [5.41, 5.74) is 0.585. The zero-order valence-corrected chi connectivity index (χ0v) is 23.5. The molecule has 0 fully saturated rings. The lowest BCUT2D eigenvalue weighted by Gasteiger charge is -2.30. The van der Waals surface area contributed by atoms with Gasteiger partial charge >= 0.3 is 12.1 Å². The van der Waals surface area contributed by atoms with Gasteiger partial charge in [-0.3, -0.25) is 0 Å². The predicted octanol–water partition coefficient (Wildman–Crippen LogP) is 9.57. The molecule has 0 unspecified atom stereocenters. The van der Waals surface area contributed by atoms with Crippen molar-refractivity contribution >= 4 is 28.5 Å². The SMILES string of the molecule is CCC[C@H](c1ccc(C(=O)OC(C)(C)C)cc1)[C@@H](Oc1cc(C(F)(F)F)nc2ccccc12)c1ccc(Cl)cc1. The van der Waals surface area contributed by atoms with Crippen LogP contribution in [0.25, 0.3) is 10.9 Å². The minimum atomic E-state index is -4.64. The van der Waals surface area contributed by atoms with E-state index in [0.29, 0.717) is 22.4 Å². The third-order valence-corrected chi connectivity index (χ3v) is 6.61. The zero-order valence-electron chi connectivity index (χ0n) is 22.8. The van der Waals surface area contributed by atoms with E-state index in [-0.39, 0.29) is 17.2 Å². The molecule has 4 aromatic rings. The molecule has 2 atom stereocenters. The van der Waals surface area contributed by atoms with Crippen molar-refractivity contribution in [2.45, 2.75) is 64.3 Å². The maximum Gasteiger partial charge on any atom is 0.433 e. The Kier molecular flexibility index (Phi) is 8.74. The van der Waals surface area contributed by atoms with Gasteiger partial charge in [0.15, 0.2) is 0 Å². The summed E-state index contributed by atoms with van der Waals surface area (Å²) in [6, 6.07) is 21.8. The summed E-state index contributed by atoms with van der Waals surface area (Å²) < 4.78 is 53.4. The molecule has 4 rings (SSSR count). The Bertz CT molecular complexity index is 1460. The largest absolute Gasteiger partial charge is 0.484 e. The lowest BCUT2D eigenvalue weighted by atomic mass is 9.85. The fraction of sp³-hybridized carbons (Fsp3) is 0.312. The molecule has 1 aromatic heterocycles. The second-order valence-corrected chi connectivity index (χ2v) is 11.1. The Morgan fingerprint density at radius 3 is 2.15 bits per heavy atom. The van der Waals surface area contributed by atoms with E-state index >= 15 is 0 Å². The van der Waals surface area contributed by atoms with Crippen molar-refractivity contribution in [3.8, 4) is 5.75 Å². The number of carbonyl (C=O) groups excluding carboxylic acids is 1. The van der Waals surface area contributed by atoms with Crippen LogP contribution in [0, 0.1) is 0 Å². The van der Waals surface area contributed by atoms with Crippen molar-refractivity contribution in [2.24, 2.45) is 0 Å². The van der Waals surface area contributed by atoms with Crippen LogP contribution < -0.4 is 4.74 Å². The number of pyridine rings is 1. The maximum absolute atomic E-state index is 13.8. The minimum Gasteiger partial charge on any atom is -0.484 e. The van der Waals surface area contributed by atoms with Gasteiger partial charge in [-0.2, -0.15) is 13.2 Å². The summed E-state index contributed by atoms with van der Waals surface area (Å²) in [7, 11) is 0. The summed E-state index contributed by atoms with van der Waals surface area (Å²) in [5.74, 6) is -0.594. The first-order valence-electron chi connectivity index (χ1n) is 13.1. The fourth-order valence-corrected chi connectivity index (χ4v) is 4.69. The van der Waals surface area contributed by atoms with Crippen LogP contribution in [0.2, 0.25) is 5.02 Å². The van der Waals surface area contributed by atoms with Crippen LogP contribution in [0.1, 0.15) is 79.7 Å². The molecular formula is C32H31ClF3NO3. The number of carbonyl (C=O) groups is 1. The molecule has 0 saturated heterocycles. The van der Waals surface area contributed by atoms with Crippen LogP contribution in [0.15, 0.2) is 78.9 Å². The van der Waals surface area contributed by atoms with Crippen LogP contribution in [-0.2, 0) is 10.9 Å². The molecule has 0 radical (unpaired) electrons. The Morgan fingerprint density at radius 2 is 1.55 bits per heavy atom. The molecule has 0 bridgehead atoms. The molecule has 1 heterocycles.